The maximum Gasteiger partial charge on any atom is 0.264 e. The maximum absolute atomic E-state index is 14.2. The van der Waals surface area contributed by atoms with Crippen molar-refractivity contribution in [2.75, 3.05) is 10.8 Å². The molecule has 1 saturated carbocycles. The molecule has 0 aliphatic heterocycles. The van der Waals surface area contributed by atoms with Crippen LogP contribution in [0.3, 0.4) is 0 Å². The van der Waals surface area contributed by atoms with Crippen molar-refractivity contribution in [1.82, 2.24) is 10.2 Å². The van der Waals surface area contributed by atoms with Crippen LogP contribution in [0.2, 0.25) is 10.0 Å². The second-order valence-electron chi connectivity index (χ2n) is 10.3. The number of anilines is 1. The van der Waals surface area contributed by atoms with Crippen molar-refractivity contribution in [2.45, 2.75) is 69.5 Å². The fourth-order valence-corrected chi connectivity index (χ4v) is 7.05. The minimum atomic E-state index is -4.12. The van der Waals surface area contributed by atoms with Gasteiger partial charge in [-0.05, 0) is 62.6 Å². The molecular weight excluding hydrogens is 581 g/mol. The summed E-state index contributed by atoms with van der Waals surface area (Å²) < 4.78 is 28.8. The lowest BCUT2D eigenvalue weighted by Gasteiger charge is -2.34. The Morgan fingerprint density at radius 2 is 1.54 bits per heavy atom. The number of rotatable bonds is 11. The van der Waals surface area contributed by atoms with Gasteiger partial charge in [-0.3, -0.25) is 13.9 Å². The minimum Gasteiger partial charge on any atom is -0.352 e. The molecule has 1 aliphatic carbocycles. The van der Waals surface area contributed by atoms with Gasteiger partial charge in [0.05, 0.1) is 10.6 Å². The standard InChI is InChI=1S/C31H35Cl2N3O4S/c1-3-29(31(38)34-23-10-7-8-11-23)35(20-26-27(32)14-9-15-28(26)33)30(37)21-36(24-18-16-22(2)17-19-24)41(39,40)25-12-5-4-6-13-25/h4-6,9,12-19,23,29H,3,7-8,10-11,20-21H2,1-2H3,(H,34,38). The highest BCUT2D eigenvalue weighted by atomic mass is 35.5. The second kappa shape index (κ2) is 13.7. The Labute approximate surface area is 252 Å². The number of nitrogens with one attached hydrogen (secondary N) is 1. The number of hydrogen-bond acceptors (Lipinski definition) is 4. The SMILES string of the molecule is CCC(C(=O)NC1CCCC1)N(Cc1c(Cl)cccc1Cl)C(=O)CN(c1ccc(C)cc1)S(=O)(=O)c1ccccc1. The smallest absolute Gasteiger partial charge is 0.264 e. The molecule has 218 valence electrons. The lowest BCUT2D eigenvalue weighted by molar-refractivity contribution is -0.140. The van der Waals surface area contributed by atoms with Gasteiger partial charge in [-0.25, -0.2) is 8.42 Å². The average molecular weight is 617 g/mol. The van der Waals surface area contributed by atoms with Crippen LogP contribution < -0.4 is 9.62 Å². The highest BCUT2D eigenvalue weighted by Gasteiger charge is 2.35. The number of carbonyl (C=O) groups excluding carboxylic acids is 2. The van der Waals surface area contributed by atoms with Crippen molar-refractivity contribution in [2.24, 2.45) is 0 Å². The molecule has 10 heteroatoms. The summed E-state index contributed by atoms with van der Waals surface area (Å²) in [7, 11) is -4.12. The summed E-state index contributed by atoms with van der Waals surface area (Å²) in [6.45, 7) is 3.15. The van der Waals surface area contributed by atoms with Gasteiger partial charge in [0.2, 0.25) is 11.8 Å². The van der Waals surface area contributed by atoms with Crippen molar-refractivity contribution in [3.63, 3.8) is 0 Å². The van der Waals surface area contributed by atoms with Crippen molar-refractivity contribution in [3.8, 4) is 0 Å². The van der Waals surface area contributed by atoms with Gasteiger partial charge in [0.25, 0.3) is 10.0 Å². The van der Waals surface area contributed by atoms with Crippen molar-refractivity contribution >= 4 is 50.7 Å². The zero-order chi connectivity index (χ0) is 29.6. The largest absolute Gasteiger partial charge is 0.352 e. The first-order valence-corrected chi connectivity index (χ1v) is 16.0. The Bertz CT molecular complexity index is 1440. The minimum absolute atomic E-state index is 0.0545. The number of halogens is 2. The molecule has 0 spiro atoms. The molecular formula is C31H35Cl2N3O4S. The quantitative estimate of drug-likeness (QED) is 0.272. The highest BCUT2D eigenvalue weighted by molar-refractivity contribution is 7.92. The topological polar surface area (TPSA) is 86.8 Å². The Morgan fingerprint density at radius 3 is 2.12 bits per heavy atom. The van der Waals surface area contributed by atoms with E-state index in [9.17, 15) is 18.0 Å². The van der Waals surface area contributed by atoms with Gasteiger partial charge in [-0.2, -0.15) is 0 Å². The van der Waals surface area contributed by atoms with E-state index < -0.39 is 28.5 Å². The van der Waals surface area contributed by atoms with E-state index in [0.29, 0.717) is 27.7 Å². The van der Waals surface area contributed by atoms with Crippen LogP contribution >= 0.6 is 23.2 Å². The molecule has 1 atom stereocenters. The lowest BCUT2D eigenvalue weighted by Crippen LogP contribution is -2.53. The van der Waals surface area contributed by atoms with Crippen molar-refractivity contribution < 1.29 is 18.0 Å². The summed E-state index contributed by atoms with van der Waals surface area (Å²) in [5, 5.41) is 3.81. The van der Waals surface area contributed by atoms with Gasteiger partial charge in [0.1, 0.15) is 12.6 Å². The van der Waals surface area contributed by atoms with Crippen LogP contribution in [0, 0.1) is 6.92 Å². The monoisotopic (exact) mass is 615 g/mol. The molecule has 0 aromatic heterocycles. The first-order valence-electron chi connectivity index (χ1n) is 13.8. The Hall–Kier alpha value is -3.07. The van der Waals surface area contributed by atoms with E-state index in [0.717, 1.165) is 35.6 Å². The average Bonchev–Trinajstić information content (AvgIpc) is 3.47. The van der Waals surface area contributed by atoms with Crippen LogP contribution in [0.15, 0.2) is 77.7 Å². The van der Waals surface area contributed by atoms with Crippen LogP contribution in [-0.4, -0.2) is 43.8 Å². The van der Waals surface area contributed by atoms with E-state index in [4.69, 9.17) is 23.2 Å². The van der Waals surface area contributed by atoms with E-state index in [1.807, 2.05) is 13.8 Å². The zero-order valence-corrected chi connectivity index (χ0v) is 25.6. The molecule has 1 aliphatic rings. The molecule has 1 N–H and O–H groups in total. The van der Waals surface area contributed by atoms with Crippen LogP contribution in [-0.2, 0) is 26.2 Å². The van der Waals surface area contributed by atoms with E-state index in [-0.39, 0.29) is 23.4 Å². The number of sulfonamides is 1. The molecule has 0 bridgehead atoms. The summed E-state index contributed by atoms with van der Waals surface area (Å²) in [5.74, 6) is -0.821. The first kappa shape index (κ1) is 30.9. The predicted octanol–water partition coefficient (Wildman–Crippen LogP) is 6.36. The fourth-order valence-electron chi connectivity index (χ4n) is 5.10. The van der Waals surface area contributed by atoms with Gasteiger partial charge in [-0.1, -0.05) is 84.9 Å². The maximum atomic E-state index is 14.2. The summed E-state index contributed by atoms with van der Waals surface area (Å²) >= 11 is 13.0. The summed E-state index contributed by atoms with van der Waals surface area (Å²) in [5.41, 5.74) is 1.78. The van der Waals surface area contributed by atoms with Crippen LogP contribution in [0.4, 0.5) is 5.69 Å². The van der Waals surface area contributed by atoms with Gasteiger partial charge >= 0.3 is 0 Å². The highest BCUT2D eigenvalue weighted by Crippen LogP contribution is 2.29. The predicted molar refractivity (Wildman–Crippen MR) is 164 cm³/mol. The van der Waals surface area contributed by atoms with E-state index in [1.54, 1.807) is 60.7 Å². The van der Waals surface area contributed by atoms with Gasteiger partial charge in [0, 0.05) is 28.2 Å². The molecule has 1 fully saturated rings. The first-order chi connectivity index (χ1) is 19.6. The van der Waals surface area contributed by atoms with Gasteiger partial charge in [-0.15, -0.1) is 0 Å². The molecule has 2 amide bonds. The number of hydrogen-bond donors (Lipinski definition) is 1. The molecule has 0 saturated heterocycles. The zero-order valence-electron chi connectivity index (χ0n) is 23.2. The number of aryl methyl sites for hydroxylation is 1. The Kier molecular flexibility index (Phi) is 10.3. The second-order valence-corrected chi connectivity index (χ2v) is 13.0. The third kappa shape index (κ3) is 7.42. The van der Waals surface area contributed by atoms with E-state index >= 15 is 0 Å². The fraction of sp³-hybridized carbons (Fsp3) is 0.355. The van der Waals surface area contributed by atoms with Crippen LogP contribution in [0.25, 0.3) is 0 Å². The van der Waals surface area contributed by atoms with Crippen molar-refractivity contribution in [1.29, 1.82) is 0 Å². The number of carbonyl (C=O) groups is 2. The molecule has 3 aromatic rings. The number of nitrogens with zero attached hydrogens (tertiary/aromatic N) is 2. The van der Waals surface area contributed by atoms with E-state index in [1.165, 1.54) is 17.0 Å². The van der Waals surface area contributed by atoms with Gasteiger partial charge in [0.15, 0.2) is 0 Å². The molecule has 7 nitrogen and oxygen atoms in total. The summed E-state index contributed by atoms with van der Waals surface area (Å²) in [6, 6.07) is 19.1. The summed E-state index contributed by atoms with van der Waals surface area (Å²) in [4.78, 5) is 29.2. The summed E-state index contributed by atoms with van der Waals surface area (Å²) in [6.07, 6.45) is 4.19. The number of benzene rings is 3. The molecule has 1 unspecified atom stereocenters. The third-order valence-electron chi connectivity index (χ3n) is 7.41. The molecule has 0 radical (unpaired) electrons. The Morgan fingerprint density at radius 1 is 0.927 bits per heavy atom. The molecule has 0 heterocycles. The van der Waals surface area contributed by atoms with E-state index in [2.05, 4.69) is 5.32 Å². The normalized spacial score (nSPS) is 14.4. The number of amides is 2. The Balaban J connectivity index is 1.73. The molecule has 41 heavy (non-hydrogen) atoms. The lowest BCUT2D eigenvalue weighted by atomic mass is 10.1. The van der Waals surface area contributed by atoms with Crippen LogP contribution in [0.5, 0.6) is 0 Å². The van der Waals surface area contributed by atoms with Crippen molar-refractivity contribution in [3.05, 3.63) is 94.0 Å². The third-order valence-corrected chi connectivity index (χ3v) is 9.91. The molecule has 3 aromatic carbocycles. The molecule has 4 rings (SSSR count). The van der Waals surface area contributed by atoms with Gasteiger partial charge < -0.3 is 10.2 Å². The van der Waals surface area contributed by atoms with Crippen LogP contribution in [0.1, 0.15) is 50.2 Å².